The maximum atomic E-state index is 4.58. The number of hydrogen-bond donors (Lipinski definition) is 1. The first-order chi connectivity index (χ1) is 10.3. The summed E-state index contributed by atoms with van der Waals surface area (Å²) in [5.41, 5.74) is 2.23. The maximum Gasteiger partial charge on any atom is 0.0934 e. The number of halogens is 1. The van der Waals surface area contributed by atoms with Gasteiger partial charge in [-0.15, -0.1) is 0 Å². The van der Waals surface area contributed by atoms with Gasteiger partial charge in [0.15, 0.2) is 0 Å². The van der Waals surface area contributed by atoms with Crippen molar-refractivity contribution in [3.8, 4) is 0 Å². The van der Waals surface area contributed by atoms with Gasteiger partial charge in [0, 0.05) is 28.6 Å². The number of anilines is 1. The summed E-state index contributed by atoms with van der Waals surface area (Å²) in [5, 5.41) is 4.90. The molecule has 1 aromatic heterocycles. The predicted octanol–water partition coefficient (Wildman–Crippen LogP) is 4.28. The van der Waals surface area contributed by atoms with Crippen LogP contribution < -0.4 is 5.32 Å². The van der Waals surface area contributed by atoms with E-state index in [-0.39, 0.29) is 0 Å². The van der Waals surface area contributed by atoms with Crippen molar-refractivity contribution < 1.29 is 0 Å². The fraction of sp³-hybridized carbons (Fsp3) is 0.471. The average molecular weight is 348 g/mol. The zero-order chi connectivity index (χ0) is 14.7. The van der Waals surface area contributed by atoms with Gasteiger partial charge in [-0.2, -0.15) is 0 Å². The Hall–Kier alpha value is -1.13. The normalized spacial score (nSPS) is 20.4. The van der Waals surface area contributed by atoms with Crippen LogP contribution in [0, 0.1) is 0 Å². The lowest BCUT2D eigenvalue weighted by atomic mass is 10.1. The van der Waals surface area contributed by atoms with Gasteiger partial charge in [0.2, 0.25) is 0 Å². The highest BCUT2D eigenvalue weighted by Crippen LogP contribution is 2.26. The first-order valence-electron chi connectivity index (χ1n) is 7.79. The molecule has 2 aromatic rings. The number of pyridine rings is 1. The van der Waals surface area contributed by atoms with Gasteiger partial charge in [0.1, 0.15) is 0 Å². The van der Waals surface area contributed by atoms with Gasteiger partial charge in [-0.1, -0.05) is 19.1 Å². The molecule has 0 radical (unpaired) electrons. The number of hydrogen-bond acceptors (Lipinski definition) is 3. The van der Waals surface area contributed by atoms with Crippen molar-refractivity contribution in [1.82, 2.24) is 9.88 Å². The Morgan fingerprint density at radius 3 is 3.10 bits per heavy atom. The molecule has 3 nitrogen and oxygen atoms in total. The number of para-hydroxylation sites is 1. The van der Waals surface area contributed by atoms with Crippen LogP contribution in [-0.4, -0.2) is 35.6 Å². The van der Waals surface area contributed by atoms with Crippen molar-refractivity contribution in [1.29, 1.82) is 0 Å². The first-order valence-corrected chi connectivity index (χ1v) is 8.58. The van der Waals surface area contributed by atoms with Crippen LogP contribution in [-0.2, 0) is 0 Å². The smallest absolute Gasteiger partial charge is 0.0934 e. The summed E-state index contributed by atoms with van der Waals surface area (Å²) >= 11 is 3.49. The summed E-state index contributed by atoms with van der Waals surface area (Å²) in [5.74, 6) is 0. The minimum Gasteiger partial charge on any atom is -0.381 e. The summed E-state index contributed by atoms with van der Waals surface area (Å²) in [6.07, 6.45) is 5.60. The van der Waals surface area contributed by atoms with Crippen molar-refractivity contribution in [2.75, 3.05) is 25.0 Å². The third-order valence-electron chi connectivity index (χ3n) is 4.31. The second-order valence-electron chi connectivity index (χ2n) is 5.74. The number of nitrogens with zero attached hydrogens (tertiary/aromatic N) is 2. The molecule has 1 aliphatic heterocycles. The molecule has 0 bridgehead atoms. The summed E-state index contributed by atoms with van der Waals surface area (Å²) in [6, 6.07) is 9.04. The SMILES string of the molecule is CCN1CCCC(Nc2cccc3cc(Br)cnc23)CC1. The van der Waals surface area contributed by atoms with Gasteiger partial charge in [-0.3, -0.25) is 4.98 Å². The molecule has 112 valence electrons. The average Bonchev–Trinajstić information content (AvgIpc) is 2.72. The molecular formula is C17H22BrN3. The van der Waals surface area contributed by atoms with Crippen molar-refractivity contribution in [2.45, 2.75) is 32.2 Å². The second-order valence-corrected chi connectivity index (χ2v) is 6.65. The van der Waals surface area contributed by atoms with Gasteiger partial charge in [0.05, 0.1) is 11.2 Å². The third-order valence-corrected chi connectivity index (χ3v) is 4.74. The fourth-order valence-corrected chi connectivity index (χ4v) is 3.44. The second kappa shape index (κ2) is 6.75. The molecule has 1 aromatic carbocycles. The van der Waals surface area contributed by atoms with E-state index in [0.717, 1.165) is 22.2 Å². The lowest BCUT2D eigenvalue weighted by Gasteiger charge is -2.20. The Kier molecular flexibility index (Phi) is 4.76. The molecule has 1 N–H and O–H groups in total. The van der Waals surface area contributed by atoms with Crippen LogP contribution in [0.2, 0.25) is 0 Å². The number of benzene rings is 1. The van der Waals surface area contributed by atoms with Gasteiger partial charge in [-0.05, 0) is 60.4 Å². The van der Waals surface area contributed by atoms with Crippen LogP contribution in [0.15, 0.2) is 34.9 Å². The molecule has 1 aliphatic rings. The Balaban J connectivity index is 1.78. The number of rotatable bonds is 3. The molecule has 3 rings (SSSR count). The largest absolute Gasteiger partial charge is 0.381 e. The lowest BCUT2D eigenvalue weighted by molar-refractivity contribution is 0.300. The van der Waals surface area contributed by atoms with Crippen LogP contribution in [0.4, 0.5) is 5.69 Å². The van der Waals surface area contributed by atoms with E-state index in [1.54, 1.807) is 0 Å². The zero-order valence-electron chi connectivity index (χ0n) is 12.5. The van der Waals surface area contributed by atoms with Crippen molar-refractivity contribution >= 4 is 32.5 Å². The standard InChI is InChI=1S/C17H22BrN3/c1-2-21-9-4-6-15(8-10-21)20-16-7-3-5-13-11-14(18)12-19-17(13)16/h3,5,7,11-12,15,20H,2,4,6,8-10H2,1H3. The Labute approximate surface area is 134 Å². The molecule has 2 heterocycles. The number of nitrogens with one attached hydrogen (secondary N) is 1. The third kappa shape index (κ3) is 3.55. The van der Waals surface area contributed by atoms with Crippen LogP contribution in [0.3, 0.4) is 0 Å². The molecule has 1 saturated heterocycles. The number of likely N-dealkylation sites (tertiary alicyclic amines) is 1. The van der Waals surface area contributed by atoms with E-state index in [0.29, 0.717) is 6.04 Å². The van der Waals surface area contributed by atoms with E-state index in [2.05, 4.69) is 62.3 Å². The molecule has 1 fully saturated rings. The van der Waals surface area contributed by atoms with Crippen LogP contribution in [0.1, 0.15) is 26.2 Å². The Bertz CT molecular complexity index is 614. The van der Waals surface area contributed by atoms with E-state index in [1.807, 2.05) is 6.20 Å². The molecule has 0 amide bonds. The van der Waals surface area contributed by atoms with Gasteiger partial charge in [0.25, 0.3) is 0 Å². The highest BCUT2D eigenvalue weighted by molar-refractivity contribution is 9.10. The van der Waals surface area contributed by atoms with Crippen LogP contribution >= 0.6 is 15.9 Å². The topological polar surface area (TPSA) is 28.2 Å². The van der Waals surface area contributed by atoms with E-state index in [1.165, 1.54) is 37.7 Å². The lowest BCUT2D eigenvalue weighted by Crippen LogP contribution is -2.26. The van der Waals surface area contributed by atoms with Gasteiger partial charge in [-0.25, -0.2) is 0 Å². The molecule has 0 aliphatic carbocycles. The fourth-order valence-electron chi connectivity index (χ4n) is 3.09. The zero-order valence-corrected chi connectivity index (χ0v) is 14.1. The molecule has 21 heavy (non-hydrogen) atoms. The first kappa shape index (κ1) is 14.8. The number of aromatic nitrogens is 1. The summed E-state index contributed by atoms with van der Waals surface area (Å²) < 4.78 is 1.03. The number of fused-ring (bicyclic) bond motifs is 1. The Morgan fingerprint density at radius 1 is 1.33 bits per heavy atom. The predicted molar refractivity (Wildman–Crippen MR) is 92.8 cm³/mol. The quantitative estimate of drug-likeness (QED) is 0.897. The minimum atomic E-state index is 0.553. The van der Waals surface area contributed by atoms with E-state index < -0.39 is 0 Å². The van der Waals surface area contributed by atoms with Crippen molar-refractivity contribution in [3.05, 3.63) is 34.9 Å². The molecule has 1 unspecified atom stereocenters. The van der Waals surface area contributed by atoms with Gasteiger partial charge < -0.3 is 10.2 Å². The maximum absolute atomic E-state index is 4.58. The molecule has 1 atom stereocenters. The van der Waals surface area contributed by atoms with Gasteiger partial charge >= 0.3 is 0 Å². The van der Waals surface area contributed by atoms with E-state index in [9.17, 15) is 0 Å². The Morgan fingerprint density at radius 2 is 2.24 bits per heavy atom. The van der Waals surface area contributed by atoms with E-state index >= 15 is 0 Å². The molecule has 4 heteroatoms. The molecule has 0 spiro atoms. The van der Waals surface area contributed by atoms with Crippen molar-refractivity contribution in [3.63, 3.8) is 0 Å². The van der Waals surface area contributed by atoms with E-state index in [4.69, 9.17) is 0 Å². The summed E-state index contributed by atoms with van der Waals surface area (Å²) in [6.45, 7) is 5.84. The van der Waals surface area contributed by atoms with Crippen molar-refractivity contribution in [2.24, 2.45) is 0 Å². The highest BCUT2D eigenvalue weighted by Gasteiger charge is 2.16. The molecular weight excluding hydrogens is 326 g/mol. The monoisotopic (exact) mass is 347 g/mol. The summed E-state index contributed by atoms with van der Waals surface area (Å²) in [7, 11) is 0. The molecule has 0 saturated carbocycles. The van der Waals surface area contributed by atoms with Crippen LogP contribution in [0.5, 0.6) is 0 Å². The van der Waals surface area contributed by atoms with Crippen LogP contribution in [0.25, 0.3) is 10.9 Å². The highest BCUT2D eigenvalue weighted by atomic mass is 79.9. The summed E-state index contributed by atoms with van der Waals surface area (Å²) in [4.78, 5) is 7.12. The minimum absolute atomic E-state index is 0.553.